The van der Waals surface area contributed by atoms with E-state index in [1.165, 1.54) is 12.1 Å². The van der Waals surface area contributed by atoms with Crippen molar-refractivity contribution in [3.05, 3.63) is 65.7 Å². The largest absolute Gasteiger partial charge is 0.716 e. The van der Waals surface area contributed by atoms with E-state index in [0.29, 0.717) is 5.56 Å². The van der Waals surface area contributed by atoms with Crippen molar-refractivity contribution in [1.29, 1.82) is 0 Å². The van der Waals surface area contributed by atoms with Gasteiger partial charge in [-0.05, 0) is 87.0 Å². The lowest BCUT2D eigenvalue weighted by atomic mass is 9.96. The second-order valence-corrected chi connectivity index (χ2v) is 25.2. The molecule has 38 heteroatoms. The number of likely N-dealkylation sites (tertiary alicyclic amines) is 1. The third kappa shape index (κ3) is 29.8. The molecule has 0 bridgehead atoms. The fraction of sp³-hybridized carbons (Fsp3) is 0.548. The molecule has 1 aliphatic heterocycles. The number of benzene rings is 2. The summed E-state index contributed by atoms with van der Waals surface area (Å²) < 4.78 is 38.1. The number of aliphatic carboxylic acids is 5. The molecule has 3 rings (SSSR count). The second kappa shape index (κ2) is 40.5. The number of carbonyl (C=O) groups excluding carboxylic acids is 11. The van der Waals surface area contributed by atoms with Crippen LogP contribution in [0.2, 0.25) is 0 Å². The number of carbonyl (C=O) groups is 16. The zero-order valence-electron chi connectivity index (χ0n) is 55.4. The maximum absolute atomic E-state index is 14.7. The summed E-state index contributed by atoms with van der Waals surface area (Å²) in [6.07, 6.45) is -6.47. The van der Waals surface area contributed by atoms with Crippen molar-refractivity contribution in [3.63, 3.8) is 0 Å². The van der Waals surface area contributed by atoms with E-state index in [-0.39, 0.29) is 50.1 Å². The molecule has 100 heavy (non-hydrogen) atoms. The summed E-state index contributed by atoms with van der Waals surface area (Å²) in [5.41, 5.74) is 11.5. The normalized spacial score (nSPS) is 16.0. The molecule has 18 N–H and O–H groups in total. The fourth-order valence-corrected chi connectivity index (χ4v) is 10.5. The van der Waals surface area contributed by atoms with Crippen molar-refractivity contribution in [2.45, 2.75) is 197 Å². The maximum Gasteiger partial charge on any atom is 0.326 e. The number of rotatable bonds is 44. The first-order valence-electron chi connectivity index (χ1n) is 31.7. The molecule has 0 saturated carbocycles. The van der Waals surface area contributed by atoms with Crippen LogP contribution in [0, 0.1) is 11.8 Å². The summed E-state index contributed by atoms with van der Waals surface area (Å²) >= 11 is 0. The number of carboxylic acid groups (broad SMARTS) is 5. The average molecular weight is 1430 g/mol. The van der Waals surface area contributed by atoms with E-state index in [1.807, 2.05) is 0 Å². The van der Waals surface area contributed by atoms with Gasteiger partial charge >= 0.3 is 29.8 Å². The number of nitrogens with zero attached hydrogens (tertiary/aromatic N) is 1. The van der Waals surface area contributed by atoms with E-state index in [1.54, 1.807) is 58.0 Å². The summed E-state index contributed by atoms with van der Waals surface area (Å²) in [7, 11) is -5.24. The SMILES string of the molecule is CC[C@H](C)[C@H](NC(=O)[C@H](CCC(=O)O)NC(=O)[C@H](CCC(=O)O)NC(=O)[C@H](Cc1ccccc1)NC(=O)[C@@H](N)CC(=O)O)C(=O)N1CCC[C@H]1C(=O)N[C@@H](C)C(=O)N[C@@H](CCC(=O)O)C(=O)N[C@@H](Cc1ccc(OS(=O)(=O)[O-])cc1)C(=O)N[C@@H](CC(C)C)C(=O)N[C@@H](CCC(N)=O)C(=O)O. The van der Waals surface area contributed by atoms with Crippen LogP contribution in [0.25, 0.3) is 0 Å². The van der Waals surface area contributed by atoms with E-state index in [9.17, 15) is 115 Å². The molecule has 1 aliphatic rings. The fourth-order valence-electron chi connectivity index (χ4n) is 10.2. The first-order chi connectivity index (χ1) is 46.8. The predicted octanol–water partition coefficient (Wildman–Crippen LogP) is -3.48. The molecule has 2 aromatic rings. The standard InChI is InChI=1S/C62H88N12O25S/c1-6-32(4)51(73-56(88)40(21-25-49(80)81)67-54(86)39(20-24-48(78)79)68-58(90)43(28-34-11-8-7-9-12-34)70-53(85)37(63)30-50(82)83)61(93)74-26-10-13-45(74)60(92)65-33(5)52(84)66-38(19-23-47(76)77)55(87)72-44(29-35-14-16-36(17-15-35)99-100(96,97)98)59(91)71-42(27-31(2)3)57(89)69-41(62(94)95)18-22-46(64)75/h7-9,11-12,14-17,31-33,37-45,51H,6,10,13,18-30,63H2,1-5H3,(H2,64,75)(H,65,92)(H,66,84)(H,67,86)(H,68,90)(H,69,89)(H,70,85)(H,71,91)(H,72,87)(H,73,88)(H,76,77)(H,78,79)(H,80,81)(H,82,83)(H,94,95)(H,96,97,98)/p-1/t32-,33-,37-,38-,39-,40-,41-,42-,43-,44-,45-,51-/m0/s1. The highest BCUT2D eigenvalue weighted by Gasteiger charge is 2.42. The zero-order chi connectivity index (χ0) is 75.3. The summed E-state index contributed by atoms with van der Waals surface area (Å²) in [5, 5.41) is 69.4. The molecule has 0 aromatic heterocycles. The van der Waals surface area contributed by atoms with E-state index >= 15 is 0 Å². The van der Waals surface area contributed by atoms with Crippen molar-refractivity contribution in [1.82, 2.24) is 52.8 Å². The van der Waals surface area contributed by atoms with Crippen molar-refractivity contribution < 1.29 is 119 Å². The van der Waals surface area contributed by atoms with Gasteiger partial charge < -0.3 is 98.5 Å². The molecule has 0 unspecified atom stereocenters. The molecule has 0 spiro atoms. The minimum absolute atomic E-state index is 0.0193. The number of hydrogen-bond donors (Lipinski definition) is 16. The lowest BCUT2D eigenvalue weighted by molar-refractivity contribution is -0.144. The van der Waals surface area contributed by atoms with Crippen LogP contribution >= 0.6 is 0 Å². The van der Waals surface area contributed by atoms with E-state index < -0.39 is 248 Å². The van der Waals surface area contributed by atoms with Crippen LogP contribution in [-0.4, -0.2) is 211 Å². The molecule has 1 fully saturated rings. The van der Waals surface area contributed by atoms with Gasteiger partial charge in [0.05, 0.1) is 12.5 Å². The van der Waals surface area contributed by atoms with Crippen LogP contribution in [0.3, 0.4) is 0 Å². The second-order valence-electron chi connectivity index (χ2n) is 24.2. The molecular weight excluding hydrogens is 1340 g/mol. The van der Waals surface area contributed by atoms with Gasteiger partial charge in [0.25, 0.3) is 10.4 Å². The molecule has 0 radical (unpaired) electrons. The first-order valence-corrected chi connectivity index (χ1v) is 33.1. The number of carboxylic acids is 5. The van der Waals surface area contributed by atoms with Crippen LogP contribution in [0.1, 0.15) is 129 Å². The van der Waals surface area contributed by atoms with Gasteiger partial charge in [-0.25, -0.2) is 13.2 Å². The quantitative estimate of drug-likeness (QED) is 0.0226. The molecule has 11 amide bonds. The Bertz CT molecular complexity index is 3400. The van der Waals surface area contributed by atoms with Crippen LogP contribution in [0.5, 0.6) is 5.75 Å². The Morgan fingerprint density at radius 3 is 1.41 bits per heavy atom. The van der Waals surface area contributed by atoms with Crippen LogP contribution in [0.4, 0.5) is 0 Å². The van der Waals surface area contributed by atoms with Gasteiger partial charge in [0.1, 0.15) is 66.2 Å². The summed E-state index contributed by atoms with van der Waals surface area (Å²) in [5.74, 6) is -20.5. The van der Waals surface area contributed by atoms with Crippen LogP contribution in [0.15, 0.2) is 54.6 Å². The molecule has 12 atom stereocenters. The van der Waals surface area contributed by atoms with E-state index in [0.717, 1.165) is 24.0 Å². The van der Waals surface area contributed by atoms with Gasteiger partial charge in [0.2, 0.25) is 65.0 Å². The summed E-state index contributed by atoms with van der Waals surface area (Å²) in [4.78, 5) is 212. The Labute approximate surface area is 574 Å². The average Bonchev–Trinajstić information content (AvgIpc) is 1.57. The summed E-state index contributed by atoms with van der Waals surface area (Å²) in [6.45, 7) is 7.56. The van der Waals surface area contributed by atoms with Crippen LogP contribution in [-0.2, 0) is 100.0 Å². The van der Waals surface area contributed by atoms with Gasteiger partial charge in [0, 0.05) is 45.1 Å². The molecule has 552 valence electrons. The highest BCUT2D eigenvalue weighted by Crippen LogP contribution is 2.23. The Morgan fingerprint density at radius 2 is 0.960 bits per heavy atom. The Morgan fingerprint density at radius 1 is 0.540 bits per heavy atom. The van der Waals surface area contributed by atoms with E-state index in [4.69, 9.17) is 11.5 Å². The highest BCUT2D eigenvalue weighted by molar-refractivity contribution is 7.81. The number of nitrogens with two attached hydrogens (primary N) is 2. The molecule has 2 aromatic carbocycles. The first kappa shape index (κ1) is 83.9. The van der Waals surface area contributed by atoms with Gasteiger partial charge in [-0.2, -0.15) is 0 Å². The molecule has 37 nitrogen and oxygen atoms in total. The number of nitrogens with one attached hydrogen (secondary N) is 9. The number of amides is 11. The highest BCUT2D eigenvalue weighted by atomic mass is 32.3. The van der Waals surface area contributed by atoms with E-state index in [2.05, 4.69) is 52.0 Å². The Hall–Kier alpha value is -10.4. The smallest absolute Gasteiger partial charge is 0.326 e. The van der Waals surface area contributed by atoms with Gasteiger partial charge in [-0.15, -0.1) is 0 Å². The topological polar surface area (TPSA) is 604 Å². The van der Waals surface area contributed by atoms with Crippen molar-refractivity contribution in [2.24, 2.45) is 23.3 Å². The number of primary amides is 1. The predicted molar refractivity (Wildman–Crippen MR) is 344 cm³/mol. The molecule has 0 aliphatic carbocycles. The third-order valence-corrected chi connectivity index (χ3v) is 16.1. The van der Waals surface area contributed by atoms with Gasteiger partial charge in [-0.3, -0.25) is 71.9 Å². The lowest BCUT2D eigenvalue weighted by Gasteiger charge is -2.33. The van der Waals surface area contributed by atoms with Gasteiger partial charge in [-0.1, -0.05) is 76.6 Å². The Kier molecular flexibility index (Phi) is 34.0. The van der Waals surface area contributed by atoms with Gasteiger partial charge in [0.15, 0.2) is 0 Å². The third-order valence-electron chi connectivity index (χ3n) is 15.7. The van der Waals surface area contributed by atoms with Crippen molar-refractivity contribution >= 4 is 105 Å². The number of hydrogen-bond acceptors (Lipinski definition) is 21. The minimum Gasteiger partial charge on any atom is -0.716 e. The Balaban J connectivity index is 1.92. The molecule has 1 heterocycles. The van der Waals surface area contributed by atoms with Crippen molar-refractivity contribution in [2.75, 3.05) is 6.54 Å². The lowest BCUT2D eigenvalue weighted by Crippen LogP contribution is -2.61. The monoisotopic (exact) mass is 1430 g/mol. The molecular formula is C62H87N12O25S-. The summed E-state index contributed by atoms with van der Waals surface area (Å²) in [6, 6.07) is -5.49. The minimum atomic E-state index is -5.24. The maximum atomic E-state index is 14.7. The van der Waals surface area contributed by atoms with Crippen LogP contribution < -0.4 is 63.5 Å². The molecule has 1 saturated heterocycles. The zero-order valence-corrected chi connectivity index (χ0v) is 56.2. The van der Waals surface area contributed by atoms with Crippen molar-refractivity contribution in [3.8, 4) is 5.75 Å².